The van der Waals surface area contributed by atoms with Gasteiger partial charge in [-0.05, 0) is 70.6 Å². The number of fused-ring (bicyclic) bond motifs is 7. The molecule has 87 heavy (non-hydrogen) atoms. The zero-order valence-electron chi connectivity index (χ0n) is 48.4. The van der Waals surface area contributed by atoms with Gasteiger partial charge in [-0.15, -0.1) is 0 Å². The maximum atomic E-state index is 13.8. The van der Waals surface area contributed by atoms with Crippen molar-refractivity contribution in [2.24, 2.45) is 11.6 Å². The van der Waals surface area contributed by atoms with E-state index in [-0.39, 0.29) is 68.8 Å². The second-order valence-electron chi connectivity index (χ2n) is 20.1. The highest BCUT2D eigenvalue weighted by atomic mass is 16.5. The molecule has 0 spiro atoms. The maximum Gasteiger partial charge on any atom is 0.340 e. The third-order valence-electron chi connectivity index (χ3n) is 14.1. The molecule has 8 rings (SSSR count). The molecule has 2 aliphatic rings. The average Bonchev–Trinajstić information content (AvgIpc) is 1.64. The van der Waals surface area contributed by atoms with Crippen LogP contribution in [0.2, 0.25) is 0 Å². The first kappa shape index (κ1) is 64.5. The van der Waals surface area contributed by atoms with Crippen LogP contribution in [0.4, 0.5) is 5.69 Å². The summed E-state index contributed by atoms with van der Waals surface area (Å²) in [6.07, 6.45) is 4.74. The molecule has 0 bridgehead atoms. The minimum absolute atomic E-state index is 0.0530. The molecule has 2 aliphatic heterocycles. The van der Waals surface area contributed by atoms with E-state index >= 15 is 0 Å². The first-order valence-electron chi connectivity index (χ1n) is 28.2. The van der Waals surface area contributed by atoms with Crippen LogP contribution in [0.5, 0.6) is 0 Å². The molecule has 0 aliphatic carbocycles. The molecule has 0 radical (unpaired) electrons. The molecule has 0 fully saturated rings. The van der Waals surface area contributed by atoms with Gasteiger partial charge in [0.15, 0.2) is 6.10 Å². The molecule has 2 unspecified atom stereocenters. The number of aliphatic hydroxyl groups is 1. The highest BCUT2D eigenvalue weighted by Crippen LogP contribution is 2.40. The highest BCUT2D eigenvalue weighted by molar-refractivity contribution is 6.09. The number of hydrogen-bond donors (Lipinski definition) is 9. The smallest absolute Gasteiger partial charge is 0.340 e. The predicted molar refractivity (Wildman–Crippen MR) is 322 cm³/mol. The number of aldehydes is 1. The third kappa shape index (κ3) is 17.3. The molecule has 6 aromatic rings. The van der Waals surface area contributed by atoms with Crippen molar-refractivity contribution in [1.29, 1.82) is 0 Å². The molecule has 25 heteroatoms. The van der Waals surface area contributed by atoms with E-state index in [2.05, 4.69) is 31.9 Å². The summed E-state index contributed by atoms with van der Waals surface area (Å²) in [5, 5.41) is 29.9. The Hall–Kier alpha value is -10.1. The maximum absolute atomic E-state index is 13.8. The topological polar surface area (TPSA) is 358 Å². The van der Waals surface area contributed by atoms with E-state index < -0.39 is 72.9 Å². The minimum atomic E-state index is -1.60. The van der Waals surface area contributed by atoms with Gasteiger partial charge >= 0.3 is 5.97 Å². The molecule has 0 saturated carbocycles. The lowest BCUT2D eigenvalue weighted by Crippen LogP contribution is -2.52. The van der Waals surface area contributed by atoms with Crippen LogP contribution in [-0.2, 0) is 78.7 Å². The summed E-state index contributed by atoms with van der Waals surface area (Å²) in [5.74, 6) is 1.96. The third-order valence-corrected chi connectivity index (χ3v) is 14.1. The summed E-state index contributed by atoms with van der Waals surface area (Å²) < 4.78 is 12.0. The number of likely N-dealkylation sites (N-methyl/N-ethyl adjacent to an activating group) is 1. The van der Waals surface area contributed by atoms with Gasteiger partial charge in [-0.2, -0.15) is 0 Å². The number of aromatic nitrogens is 2. The number of nitrogens with zero attached hydrogens (tertiary/aromatic N) is 4. The monoisotopic (exact) mass is 1190 g/mol. The second kappa shape index (κ2) is 31.2. The fourth-order valence-corrected chi connectivity index (χ4v) is 9.70. The zero-order valence-corrected chi connectivity index (χ0v) is 48.4. The van der Waals surface area contributed by atoms with Crippen LogP contribution in [0.15, 0.2) is 120 Å². The van der Waals surface area contributed by atoms with Crippen LogP contribution >= 0.6 is 0 Å². The van der Waals surface area contributed by atoms with Crippen molar-refractivity contribution < 1.29 is 57.7 Å². The van der Waals surface area contributed by atoms with Gasteiger partial charge < -0.3 is 66.7 Å². The van der Waals surface area contributed by atoms with Crippen LogP contribution in [0.3, 0.4) is 0 Å². The Morgan fingerprint density at radius 3 is 2.29 bits per heavy atom. The Morgan fingerprint density at radius 2 is 1.53 bits per heavy atom. The highest BCUT2D eigenvalue weighted by Gasteiger charge is 2.35. The Bertz CT molecular complexity index is 3660. The minimum Gasteiger partial charge on any atom is -0.458 e. The van der Waals surface area contributed by atoms with E-state index in [1.54, 1.807) is 78.5 Å². The fourth-order valence-electron chi connectivity index (χ4n) is 9.70. The van der Waals surface area contributed by atoms with Crippen molar-refractivity contribution in [2.45, 2.75) is 77.8 Å². The van der Waals surface area contributed by atoms with Gasteiger partial charge in [0.2, 0.25) is 41.4 Å². The van der Waals surface area contributed by atoms with Crippen LogP contribution in [0, 0.1) is 0 Å². The summed E-state index contributed by atoms with van der Waals surface area (Å²) >= 11 is 0. The van der Waals surface area contributed by atoms with E-state index in [9.17, 15) is 53.1 Å². The quantitative estimate of drug-likeness (QED) is 0.00521. The summed E-state index contributed by atoms with van der Waals surface area (Å²) in [6.45, 7) is 2.27. The Morgan fingerprint density at radius 1 is 0.828 bits per heavy atom. The Balaban J connectivity index is 0.00000535. The number of benzene rings is 4. The number of pyridine rings is 2. The molecule has 25 nitrogen and oxygen atoms in total. The summed E-state index contributed by atoms with van der Waals surface area (Å²) in [5.41, 5.74) is 11.7. The van der Waals surface area contributed by atoms with E-state index in [1.165, 1.54) is 16.0 Å². The van der Waals surface area contributed by atoms with Crippen LogP contribution < -0.4 is 49.0 Å². The van der Waals surface area contributed by atoms with Gasteiger partial charge in [-0.3, -0.25) is 43.2 Å². The van der Waals surface area contributed by atoms with E-state index in [0.717, 1.165) is 33.4 Å². The number of allylic oxidation sites excluding steroid dienone is 1. The van der Waals surface area contributed by atoms with Crippen LogP contribution in [0.1, 0.15) is 79.0 Å². The number of ether oxygens (including phenoxy) is 2. The number of anilines is 1. The van der Waals surface area contributed by atoms with Gasteiger partial charge in [-0.1, -0.05) is 93.1 Å². The van der Waals surface area contributed by atoms with Crippen LogP contribution in [0.25, 0.3) is 38.8 Å². The SMILES string of the molecule is CC.CN(CCCCCC(=O)NCC(=O)NCC(=O)NC(Cc1ccccc1)C(=O)NCC(=O)NCOCC(=O)Nc1ccc(/C(N)=C/N(N)Cc2c3c(nc4ccc5ccccc5c24)-c2cc4c(c(=O)n2C3)COC(=O)C4O)cc1)C(=O)/C=C\C=O. The molecule has 4 aromatic carbocycles. The normalized spacial score (nSPS) is 13.4. The van der Waals surface area contributed by atoms with Gasteiger partial charge in [-0.25, -0.2) is 15.6 Å². The molecule has 11 N–H and O–H groups in total. The van der Waals surface area contributed by atoms with Crippen molar-refractivity contribution in [3.8, 4) is 11.4 Å². The van der Waals surface area contributed by atoms with Gasteiger partial charge in [0, 0.05) is 60.9 Å². The zero-order chi connectivity index (χ0) is 62.6. The number of aliphatic hydroxyl groups excluding tert-OH is 1. The molecule has 2 aromatic heterocycles. The molecule has 2 atom stereocenters. The van der Waals surface area contributed by atoms with Gasteiger partial charge in [0.05, 0.1) is 60.9 Å². The summed E-state index contributed by atoms with van der Waals surface area (Å²) in [6, 6.07) is 27.6. The number of hydrazine groups is 1. The number of nitrogens with one attached hydrogen (secondary N) is 6. The number of nitrogens with two attached hydrogens (primary N) is 2. The van der Waals surface area contributed by atoms with Crippen molar-refractivity contribution in [3.63, 3.8) is 0 Å². The summed E-state index contributed by atoms with van der Waals surface area (Å²) in [7, 11) is 1.60. The number of amides is 7. The number of rotatable bonds is 27. The molecule has 0 saturated heterocycles. The largest absolute Gasteiger partial charge is 0.458 e. The van der Waals surface area contributed by atoms with E-state index in [0.29, 0.717) is 71.5 Å². The van der Waals surface area contributed by atoms with Gasteiger partial charge in [0.1, 0.15) is 32.3 Å². The number of carbonyl (C=O) groups excluding carboxylic acids is 9. The van der Waals surface area contributed by atoms with Gasteiger partial charge in [0.25, 0.3) is 5.56 Å². The number of unbranched alkanes of at least 4 members (excludes halogenated alkanes) is 2. The number of cyclic esters (lactones) is 1. The molecule has 456 valence electrons. The molecule has 7 amide bonds. The van der Waals surface area contributed by atoms with E-state index in [1.807, 2.05) is 50.2 Å². The van der Waals surface area contributed by atoms with Crippen molar-refractivity contribution in [1.82, 2.24) is 46.0 Å². The Kier molecular flexibility index (Phi) is 23.1. The summed E-state index contributed by atoms with van der Waals surface area (Å²) in [4.78, 5) is 131. The second-order valence-corrected chi connectivity index (χ2v) is 20.1. The first-order valence-corrected chi connectivity index (χ1v) is 28.2. The lowest BCUT2D eigenvalue weighted by molar-refractivity contribution is -0.157. The number of esters is 1. The lowest BCUT2D eigenvalue weighted by atomic mass is 9.95. The van der Waals surface area contributed by atoms with Crippen molar-refractivity contribution >= 4 is 86.7 Å². The average molecular weight is 1190 g/mol. The molecule has 4 heterocycles. The van der Waals surface area contributed by atoms with Crippen molar-refractivity contribution in [2.75, 3.05) is 51.9 Å². The molecular weight excluding hydrogens is 1120 g/mol. The predicted octanol–water partition coefficient (Wildman–Crippen LogP) is 2.21. The standard InChI is InChI=1S/C60H64N12O13.C2H6/c1-70(54(79)16-10-24-73)23-9-3-6-15-49(74)63-27-50(75)64-29-52(77)68-47(25-36-11-4-2-5-12-36)58(81)65-28-51(76)66-35-84-34-53(78)67-39-20-17-38(18-21-39)45(61)32-71(62)30-42-43-31-72-48(26-41-44(59(72)82)33-85-60(83)57(41)80)56(43)69-46-22-19-37-13-7-8-14-40(37)55(42)46;1-2/h2,4-5,7-8,10-14,16-22,24,26,32,47,57,80H,3,6,9,15,23,25,27-31,33-35,61-62H2,1H3,(H,63,74)(H,64,75)(H,65,81)(H,66,76)(H,67,78)(H,68,77);1-2H3/b16-10-,45-32-;. The molecular formula is C62H70N12O13. The van der Waals surface area contributed by atoms with Crippen LogP contribution in [-0.4, -0.2) is 131 Å². The van der Waals surface area contributed by atoms with E-state index in [4.69, 9.17) is 26.0 Å². The number of hydrogen-bond acceptors (Lipinski definition) is 17. The Labute approximate surface area is 500 Å². The first-order chi connectivity index (χ1) is 42.0. The fraction of sp³-hybridized carbons (Fsp3) is 0.306. The lowest BCUT2D eigenvalue weighted by Gasteiger charge is -2.21. The number of carbonyl (C=O) groups is 9. The van der Waals surface area contributed by atoms with Crippen molar-refractivity contribution in [3.05, 3.63) is 159 Å².